The standard InChI is InChI=1S/C13H15N3OS/c1-9-13(18-8-15-9)7-16(3)11-4-5-12(10(2)17)14-6-11/h4-6,8H,7H2,1-3H3. The van der Waals surface area contributed by atoms with Crippen molar-refractivity contribution in [2.45, 2.75) is 20.4 Å². The Bertz CT molecular complexity index is 548. The number of nitrogens with zero attached hydrogens (tertiary/aromatic N) is 3. The van der Waals surface area contributed by atoms with Crippen LogP contribution in [0.2, 0.25) is 0 Å². The first kappa shape index (κ1) is 12.7. The van der Waals surface area contributed by atoms with Gasteiger partial charge in [0.25, 0.3) is 0 Å². The zero-order valence-electron chi connectivity index (χ0n) is 10.7. The van der Waals surface area contributed by atoms with Crippen LogP contribution in [0.4, 0.5) is 5.69 Å². The smallest absolute Gasteiger partial charge is 0.178 e. The molecule has 5 heteroatoms. The molecule has 18 heavy (non-hydrogen) atoms. The molecule has 0 bridgehead atoms. The predicted octanol–water partition coefficient (Wildman–Crippen LogP) is 2.69. The van der Waals surface area contributed by atoms with Crippen LogP contribution in [0.1, 0.15) is 28.0 Å². The van der Waals surface area contributed by atoms with Crippen molar-refractivity contribution in [1.29, 1.82) is 0 Å². The van der Waals surface area contributed by atoms with E-state index in [2.05, 4.69) is 14.9 Å². The van der Waals surface area contributed by atoms with Gasteiger partial charge in [-0.15, -0.1) is 11.3 Å². The molecule has 0 saturated carbocycles. The Hall–Kier alpha value is -1.75. The second-order valence-electron chi connectivity index (χ2n) is 4.17. The van der Waals surface area contributed by atoms with E-state index in [-0.39, 0.29) is 5.78 Å². The van der Waals surface area contributed by atoms with Gasteiger partial charge in [-0.25, -0.2) is 4.98 Å². The number of Topliss-reactive ketones (excluding diaryl/α,β-unsaturated/α-hetero) is 1. The molecule has 2 aromatic rings. The number of aryl methyl sites for hydroxylation is 1. The summed E-state index contributed by atoms with van der Waals surface area (Å²) in [6.07, 6.45) is 1.73. The summed E-state index contributed by atoms with van der Waals surface area (Å²) >= 11 is 1.65. The Labute approximate surface area is 110 Å². The third-order valence-corrected chi connectivity index (χ3v) is 3.69. The van der Waals surface area contributed by atoms with Gasteiger partial charge in [0, 0.05) is 18.8 Å². The molecular formula is C13H15N3OS. The Kier molecular flexibility index (Phi) is 3.72. The van der Waals surface area contributed by atoms with Gasteiger partial charge in [-0.2, -0.15) is 0 Å². The van der Waals surface area contributed by atoms with Crippen molar-refractivity contribution in [1.82, 2.24) is 9.97 Å². The summed E-state index contributed by atoms with van der Waals surface area (Å²) < 4.78 is 0. The molecule has 0 saturated heterocycles. The first-order valence-electron chi connectivity index (χ1n) is 5.65. The largest absolute Gasteiger partial charge is 0.368 e. The highest BCUT2D eigenvalue weighted by Gasteiger charge is 2.08. The monoisotopic (exact) mass is 261 g/mol. The third-order valence-electron chi connectivity index (χ3n) is 2.77. The van der Waals surface area contributed by atoms with Gasteiger partial charge in [0.05, 0.1) is 29.6 Å². The van der Waals surface area contributed by atoms with Crippen LogP contribution < -0.4 is 4.90 Å². The number of thiazole rings is 1. The minimum atomic E-state index is -0.0116. The number of hydrogen-bond acceptors (Lipinski definition) is 5. The lowest BCUT2D eigenvalue weighted by Crippen LogP contribution is -2.16. The average Bonchev–Trinajstić information content (AvgIpc) is 2.75. The van der Waals surface area contributed by atoms with Crippen molar-refractivity contribution in [2.75, 3.05) is 11.9 Å². The molecule has 0 unspecified atom stereocenters. The van der Waals surface area contributed by atoms with Gasteiger partial charge in [-0.1, -0.05) is 0 Å². The fourth-order valence-corrected chi connectivity index (χ4v) is 2.43. The number of rotatable bonds is 4. The van der Waals surface area contributed by atoms with E-state index in [0.29, 0.717) is 5.69 Å². The zero-order chi connectivity index (χ0) is 13.1. The summed E-state index contributed by atoms with van der Waals surface area (Å²) in [5, 5.41) is 0. The summed E-state index contributed by atoms with van der Waals surface area (Å²) in [5.74, 6) is -0.0116. The van der Waals surface area contributed by atoms with Crippen LogP contribution in [0, 0.1) is 6.92 Å². The summed E-state index contributed by atoms with van der Waals surface area (Å²) in [6, 6.07) is 3.67. The van der Waals surface area contributed by atoms with E-state index >= 15 is 0 Å². The van der Waals surface area contributed by atoms with Crippen molar-refractivity contribution < 1.29 is 4.79 Å². The lowest BCUT2D eigenvalue weighted by Gasteiger charge is -2.18. The fraction of sp³-hybridized carbons (Fsp3) is 0.308. The highest BCUT2D eigenvalue weighted by atomic mass is 32.1. The molecule has 0 atom stereocenters. The van der Waals surface area contributed by atoms with Crippen LogP contribution in [0.3, 0.4) is 0 Å². The van der Waals surface area contributed by atoms with Crippen molar-refractivity contribution in [3.63, 3.8) is 0 Å². The maximum atomic E-state index is 11.1. The molecule has 0 aliphatic carbocycles. The summed E-state index contributed by atoms with van der Waals surface area (Å²) in [7, 11) is 2.00. The number of aromatic nitrogens is 2. The van der Waals surface area contributed by atoms with Gasteiger partial charge in [-0.05, 0) is 19.1 Å². The number of ketones is 1. The van der Waals surface area contributed by atoms with Crippen LogP contribution in [0.25, 0.3) is 0 Å². The van der Waals surface area contributed by atoms with Crippen molar-refractivity contribution >= 4 is 22.8 Å². The normalized spacial score (nSPS) is 10.4. The van der Waals surface area contributed by atoms with Gasteiger partial charge in [-0.3, -0.25) is 9.78 Å². The van der Waals surface area contributed by atoms with Crippen molar-refractivity contribution in [2.24, 2.45) is 0 Å². The summed E-state index contributed by atoms with van der Waals surface area (Å²) in [4.78, 5) is 22.9. The molecule has 0 N–H and O–H groups in total. The van der Waals surface area contributed by atoms with Crippen LogP contribution in [-0.4, -0.2) is 22.8 Å². The van der Waals surface area contributed by atoms with Gasteiger partial charge in [0.1, 0.15) is 5.69 Å². The predicted molar refractivity (Wildman–Crippen MR) is 73.2 cm³/mol. The highest BCUT2D eigenvalue weighted by molar-refractivity contribution is 7.09. The van der Waals surface area contributed by atoms with E-state index in [4.69, 9.17) is 0 Å². The number of carbonyl (C=O) groups is 1. The maximum Gasteiger partial charge on any atom is 0.178 e. The first-order valence-corrected chi connectivity index (χ1v) is 6.53. The van der Waals surface area contributed by atoms with E-state index in [1.165, 1.54) is 11.8 Å². The highest BCUT2D eigenvalue weighted by Crippen LogP contribution is 2.19. The van der Waals surface area contributed by atoms with Gasteiger partial charge in [0.2, 0.25) is 0 Å². The summed E-state index contributed by atoms with van der Waals surface area (Å²) in [5.41, 5.74) is 4.42. The molecule has 0 amide bonds. The van der Waals surface area contributed by atoms with Gasteiger partial charge < -0.3 is 4.90 Å². The molecule has 2 rings (SSSR count). The van der Waals surface area contributed by atoms with Gasteiger partial charge in [0.15, 0.2) is 5.78 Å². The van der Waals surface area contributed by atoms with Gasteiger partial charge >= 0.3 is 0 Å². The number of hydrogen-bond donors (Lipinski definition) is 0. The summed E-state index contributed by atoms with van der Waals surface area (Å²) in [6.45, 7) is 4.33. The van der Waals surface area contributed by atoms with E-state index in [0.717, 1.165) is 17.9 Å². The molecule has 0 aromatic carbocycles. The lowest BCUT2D eigenvalue weighted by molar-refractivity contribution is 0.101. The SMILES string of the molecule is CC(=O)c1ccc(N(C)Cc2scnc2C)cn1. The van der Waals surface area contributed by atoms with Crippen LogP contribution in [0.15, 0.2) is 23.8 Å². The molecule has 0 fully saturated rings. The Morgan fingerprint density at radius 3 is 2.67 bits per heavy atom. The second-order valence-corrected chi connectivity index (χ2v) is 5.11. The molecule has 0 radical (unpaired) electrons. The molecule has 0 spiro atoms. The Morgan fingerprint density at radius 1 is 1.39 bits per heavy atom. The van der Waals surface area contributed by atoms with Crippen LogP contribution >= 0.6 is 11.3 Å². The Morgan fingerprint density at radius 2 is 2.17 bits per heavy atom. The third kappa shape index (κ3) is 2.73. The molecule has 4 nitrogen and oxygen atoms in total. The van der Waals surface area contributed by atoms with E-state index in [1.807, 2.05) is 25.5 Å². The number of carbonyl (C=O) groups excluding carboxylic acids is 1. The number of anilines is 1. The van der Waals surface area contributed by atoms with Crippen LogP contribution in [-0.2, 0) is 6.54 Å². The first-order chi connectivity index (χ1) is 8.58. The second kappa shape index (κ2) is 5.27. The number of pyridine rings is 1. The quantitative estimate of drug-likeness (QED) is 0.794. The molecule has 0 aliphatic heterocycles. The van der Waals surface area contributed by atoms with E-state index in [9.17, 15) is 4.79 Å². The molecule has 2 heterocycles. The maximum absolute atomic E-state index is 11.1. The lowest BCUT2D eigenvalue weighted by atomic mass is 10.2. The zero-order valence-corrected chi connectivity index (χ0v) is 11.5. The molecule has 2 aromatic heterocycles. The average molecular weight is 261 g/mol. The van der Waals surface area contributed by atoms with Crippen molar-refractivity contribution in [3.8, 4) is 0 Å². The fourth-order valence-electron chi connectivity index (χ4n) is 1.60. The molecule has 0 aliphatic rings. The molecule has 94 valence electrons. The van der Waals surface area contributed by atoms with E-state index < -0.39 is 0 Å². The topological polar surface area (TPSA) is 46.1 Å². The Balaban J connectivity index is 2.12. The van der Waals surface area contributed by atoms with E-state index in [1.54, 1.807) is 23.6 Å². The minimum Gasteiger partial charge on any atom is -0.368 e. The minimum absolute atomic E-state index is 0.0116. The van der Waals surface area contributed by atoms with Crippen molar-refractivity contribution in [3.05, 3.63) is 40.1 Å². The molecular weight excluding hydrogens is 246 g/mol. The van der Waals surface area contributed by atoms with Crippen LogP contribution in [0.5, 0.6) is 0 Å².